The number of anilines is 2. The van der Waals surface area contributed by atoms with Gasteiger partial charge in [0, 0.05) is 21.3 Å². The minimum absolute atomic E-state index is 0.0630. The van der Waals surface area contributed by atoms with Gasteiger partial charge in [-0.15, -0.1) is 0 Å². The van der Waals surface area contributed by atoms with Crippen LogP contribution in [0.1, 0.15) is 30.9 Å². The van der Waals surface area contributed by atoms with Crippen molar-refractivity contribution in [3.63, 3.8) is 0 Å². The lowest BCUT2D eigenvalue weighted by atomic mass is 9.90. The molecule has 4 rings (SSSR count). The zero-order valence-corrected chi connectivity index (χ0v) is 17.7. The molecule has 0 saturated carbocycles. The Labute approximate surface area is 175 Å². The van der Waals surface area contributed by atoms with Crippen molar-refractivity contribution in [1.29, 1.82) is 0 Å². The highest BCUT2D eigenvalue weighted by Crippen LogP contribution is 2.42. The van der Waals surface area contributed by atoms with Gasteiger partial charge in [-0.2, -0.15) is 0 Å². The molecule has 0 unspecified atom stereocenters. The summed E-state index contributed by atoms with van der Waals surface area (Å²) in [6.45, 7) is 6.12. The van der Waals surface area contributed by atoms with E-state index >= 15 is 0 Å². The first-order chi connectivity index (χ1) is 13.3. The largest absolute Gasteiger partial charge is 0.351 e. The van der Waals surface area contributed by atoms with Crippen molar-refractivity contribution in [2.75, 3.05) is 10.2 Å². The van der Waals surface area contributed by atoms with E-state index in [2.05, 4.69) is 18.3 Å². The summed E-state index contributed by atoms with van der Waals surface area (Å²) in [7, 11) is 0. The number of amides is 1. The van der Waals surface area contributed by atoms with E-state index in [4.69, 9.17) is 23.2 Å². The Kier molecular flexibility index (Phi) is 4.98. The van der Waals surface area contributed by atoms with Crippen molar-refractivity contribution in [2.24, 2.45) is 5.92 Å². The third-order valence-electron chi connectivity index (χ3n) is 5.39. The first-order valence-electron chi connectivity index (χ1n) is 9.42. The molecule has 0 radical (unpaired) electrons. The van der Waals surface area contributed by atoms with Gasteiger partial charge in [0.25, 0.3) is 5.91 Å². The molecule has 0 bridgehead atoms. The van der Waals surface area contributed by atoms with Crippen molar-refractivity contribution in [1.82, 2.24) is 0 Å². The van der Waals surface area contributed by atoms with Crippen LogP contribution < -0.4 is 10.2 Å². The van der Waals surface area contributed by atoms with E-state index in [1.165, 1.54) is 0 Å². The molecule has 144 valence electrons. The second-order valence-electron chi connectivity index (χ2n) is 7.65. The number of hydrogen-bond acceptors (Lipinski definition) is 2. The van der Waals surface area contributed by atoms with Crippen molar-refractivity contribution in [3.8, 4) is 0 Å². The highest BCUT2D eigenvalue weighted by atomic mass is 35.5. The topological polar surface area (TPSA) is 32.3 Å². The molecule has 1 N–H and O–H groups in total. The van der Waals surface area contributed by atoms with Crippen LogP contribution in [0.25, 0.3) is 0 Å². The molecule has 2 aliphatic rings. The molecular weight excluding hydrogens is 391 g/mol. The maximum atomic E-state index is 13.4. The molecule has 0 saturated heterocycles. The van der Waals surface area contributed by atoms with Gasteiger partial charge in [-0.3, -0.25) is 9.69 Å². The number of carbonyl (C=O) groups is 1. The van der Waals surface area contributed by atoms with Crippen LogP contribution >= 0.6 is 23.2 Å². The van der Waals surface area contributed by atoms with Crippen molar-refractivity contribution in [3.05, 3.63) is 80.6 Å². The Morgan fingerprint density at radius 1 is 1.04 bits per heavy atom. The Bertz CT molecular complexity index is 1040. The average Bonchev–Trinajstić information content (AvgIpc) is 2.92. The second-order valence-corrected chi connectivity index (χ2v) is 8.47. The van der Waals surface area contributed by atoms with E-state index < -0.39 is 0 Å². The summed E-state index contributed by atoms with van der Waals surface area (Å²) in [5, 5.41) is 4.67. The molecule has 1 aliphatic heterocycles. The average molecular weight is 413 g/mol. The molecule has 1 amide bonds. The predicted molar refractivity (Wildman–Crippen MR) is 117 cm³/mol. The molecule has 1 atom stereocenters. The van der Waals surface area contributed by atoms with Crippen LogP contribution in [0.15, 0.2) is 59.4 Å². The second kappa shape index (κ2) is 7.31. The third-order valence-corrected chi connectivity index (χ3v) is 6.20. The molecule has 3 nitrogen and oxygen atoms in total. The number of nitrogens with one attached hydrogen (secondary N) is 1. The molecule has 2 aromatic rings. The Balaban J connectivity index is 1.76. The zero-order valence-electron chi connectivity index (χ0n) is 16.1. The number of halogens is 2. The van der Waals surface area contributed by atoms with Gasteiger partial charge < -0.3 is 5.32 Å². The van der Waals surface area contributed by atoms with Gasteiger partial charge in [0.2, 0.25) is 0 Å². The van der Waals surface area contributed by atoms with Crippen molar-refractivity contribution in [2.45, 2.75) is 33.6 Å². The number of allylic oxidation sites excluding steroid dienone is 2. The highest BCUT2D eigenvalue weighted by Gasteiger charge is 2.38. The van der Waals surface area contributed by atoms with Gasteiger partial charge in [0.1, 0.15) is 5.70 Å². The van der Waals surface area contributed by atoms with E-state index in [1.54, 1.807) is 4.90 Å². The molecule has 1 aliphatic carbocycles. The van der Waals surface area contributed by atoms with Crippen molar-refractivity contribution >= 4 is 40.5 Å². The summed E-state index contributed by atoms with van der Waals surface area (Å²) in [5.74, 6) is 0.429. The number of rotatable bonds is 3. The smallest absolute Gasteiger partial charge is 0.279 e. The maximum absolute atomic E-state index is 13.4. The summed E-state index contributed by atoms with van der Waals surface area (Å²) in [5.41, 5.74) is 6.23. The van der Waals surface area contributed by atoms with Crippen LogP contribution in [0.3, 0.4) is 0 Å². The van der Waals surface area contributed by atoms with E-state index in [9.17, 15) is 4.79 Å². The molecule has 1 heterocycles. The standard InChI is InChI=1S/C23H22Cl2N2O/c1-13-4-9-21-18(10-13)22(26-16-7-5-14(2)19(24)11-16)23(28)27(21)17-8-6-15(3)20(25)12-17/h5-9,11-13,26H,4,10H2,1-3H3/t13-/m0/s1. The summed E-state index contributed by atoms with van der Waals surface area (Å²) in [6, 6.07) is 11.5. The SMILES string of the molecule is Cc1ccc(NC2=C3C[C@@H](C)CC=C3N(c3ccc(C)c(Cl)c3)C2=O)cc1Cl. The van der Waals surface area contributed by atoms with Gasteiger partial charge in [-0.25, -0.2) is 0 Å². The third kappa shape index (κ3) is 3.34. The van der Waals surface area contributed by atoms with E-state index in [0.29, 0.717) is 21.7 Å². The van der Waals surface area contributed by atoms with E-state index in [-0.39, 0.29) is 5.91 Å². The fourth-order valence-electron chi connectivity index (χ4n) is 3.70. The number of hydrogen-bond donors (Lipinski definition) is 1. The fourth-order valence-corrected chi connectivity index (χ4v) is 4.06. The molecule has 0 spiro atoms. The van der Waals surface area contributed by atoms with Gasteiger partial charge in [0.15, 0.2) is 0 Å². The van der Waals surface area contributed by atoms with Gasteiger partial charge in [-0.1, -0.05) is 48.3 Å². The molecule has 28 heavy (non-hydrogen) atoms. The Morgan fingerprint density at radius 3 is 2.39 bits per heavy atom. The number of fused-ring (bicyclic) bond motifs is 1. The first kappa shape index (κ1) is 19.1. The molecule has 0 aromatic heterocycles. The highest BCUT2D eigenvalue weighted by molar-refractivity contribution is 6.32. The normalized spacial score (nSPS) is 19.0. The van der Waals surface area contributed by atoms with Crippen LogP contribution in [0.4, 0.5) is 11.4 Å². The van der Waals surface area contributed by atoms with E-state index in [1.807, 2.05) is 50.2 Å². The monoisotopic (exact) mass is 412 g/mol. The first-order valence-corrected chi connectivity index (χ1v) is 10.2. The van der Waals surface area contributed by atoms with Crippen LogP contribution in [-0.2, 0) is 4.79 Å². The van der Waals surface area contributed by atoms with Crippen LogP contribution in [0.2, 0.25) is 10.0 Å². The van der Waals surface area contributed by atoms with Crippen LogP contribution in [-0.4, -0.2) is 5.91 Å². The lowest BCUT2D eigenvalue weighted by Gasteiger charge is -2.25. The Morgan fingerprint density at radius 2 is 1.71 bits per heavy atom. The Hall–Kier alpha value is -2.23. The number of benzene rings is 2. The molecule has 5 heteroatoms. The van der Waals surface area contributed by atoms with Crippen molar-refractivity contribution < 1.29 is 4.79 Å². The lowest BCUT2D eigenvalue weighted by Crippen LogP contribution is -2.27. The summed E-state index contributed by atoms with van der Waals surface area (Å²) in [6.07, 6.45) is 3.97. The summed E-state index contributed by atoms with van der Waals surface area (Å²) >= 11 is 12.6. The summed E-state index contributed by atoms with van der Waals surface area (Å²) in [4.78, 5) is 15.2. The van der Waals surface area contributed by atoms with Crippen LogP contribution in [0.5, 0.6) is 0 Å². The lowest BCUT2D eigenvalue weighted by molar-refractivity contribution is -0.114. The number of aryl methyl sites for hydroxylation is 2. The predicted octanol–water partition coefficient (Wildman–Crippen LogP) is 6.64. The summed E-state index contributed by atoms with van der Waals surface area (Å²) < 4.78 is 0. The van der Waals surface area contributed by atoms with Gasteiger partial charge in [-0.05, 0) is 68.0 Å². The maximum Gasteiger partial charge on any atom is 0.279 e. The quantitative estimate of drug-likeness (QED) is 0.612. The van der Waals surface area contributed by atoms with Gasteiger partial charge >= 0.3 is 0 Å². The molecular formula is C23H22Cl2N2O. The minimum Gasteiger partial charge on any atom is -0.351 e. The zero-order chi connectivity index (χ0) is 20.0. The molecule has 2 aromatic carbocycles. The van der Waals surface area contributed by atoms with Gasteiger partial charge in [0.05, 0.1) is 11.4 Å². The number of nitrogens with zero attached hydrogens (tertiary/aromatic N) is 1. The fraction of sp³-hybridized carbons (Fsp3) is 0.261. The molecule has 0 fully saturated rings. The number of carbonyl (C=O) groups excluding carboxylic acids is 1. The van der Waals surface area contributed by atoms with Crippen LogP contribution in [0, 0.1) is 19.8 Å². The van der Waals surface area contributed by atoms with E-state index in [0.717, 1.165) is 46.6 Å². The minimum atomic E-state index is -0.0630.